The summed E-state index contributed by atoms with van der Waals surface area (Å²) in [5, 5.41) is 74.6. The summed E-state index contributed by atoms with van der Waals surface area (Å²) in [6.07, 6.45) is 64.6. The molecule has 0 bridgehead atoms. The molecule has 25 rings (SSSR count). The highest BCUT2D eigenvalue weighted by atomic mass is 16.5. The van der Waals surface area contributed by atoms with Gasteiger partial charge >= 0.3 is 0 Å². The predicted molar refractivity (Wildman–Crippen MR) is 504 cm³/mol. The van der Waals surface area contributed by atoms with Crippen LogP contribution >= 0.6 is 0 Å². The van der Waals surface area contributed by atoms with Crippen LogP contribution in [0.1, 0.15) is 442 Å². The van der Waals surface area contributed by atoms with Crippen molar-refractivity contribution < 1.29 is 48.1 Å². The Hall–Kier alpha value is -4.15. The number of hydrogen-bond acceptors (Lipinski definition) is 15. The quantitative estimate of drug-likeness (QED) is 0.102. The second kappa shape index (κ2) is 34.8. The van der Waals surface area contributed by atoms with Crippen molar-refractivity contribution in [2.24, 2.45) is 175 Å². The second-order valence-electron chi connectivity index (χ2n) is 52.7. The standard InChI is InChI=1S/2C24H37NO2.3C22H33NO2/c2*1-4-16-13-22(25-27-16)21-8-7-20-19-6-5-15-14-23(2,26)11-9-17(15)18(19)10-12-24(20,21)3;3*1-21(24)10-7-15-14(13-21)3-4-17-16(15)8-11-22(2)18(17)5-6-19(22)20-9-12-25-23-20/h2*13,15,17-21,26H,4-12,14H2,1-3H3;3*9,12,14-19,24H,3-8,10-11,13H2,1-2H3/t15-,17+,18-,19-,20+,21-,23-,24+;15-,17-,18+,19+,20-,21+,23+,24-;2*14-,15+,16-,17-,18+,19-,21-,22+;14-,15-,16+,17+,18-,19+,21+,22-/m10110/s1. The van der Waals surface area contributed by atoms with Gasteiger partial charge in [0.1, 0.15) is 30.3 Å². The fourth-order valence-corrected chi connectivity index (χ4v) is 40.4. The van der Waals surface area contributed by atoms with E-state index in [-0.39, 0.29) is 0 Å². The van der Waals surface area contributed by atoms with Crippen molar-refractivity contribution in [3.8, 4) is 0 Å². The molecule has 5 N–H and O–H groups in total. The second-order valence-corrected chi connectivity index (χ2v) is 52.7. The minimum absolute atomic E-state index is 0.400. The summed E-state index contributed by atoms with van der Waals surface area (Å²) >= 11 is 0. The zero-order chi connectivity index (χ0) is 89.3. The van der Waals surface area contributed by atoms with E-state index in [1.807, 2.05) is 0 Å². The van der Waals surface area contributed by atoms with Gasteiger partial charge in [0.05, 0.1) is 56.5 Å². The average molecular weight is 1770 g/mol. The summed E-state index contributed by atoms with van der Waals surface area (Å²) in [7, 11) is 0. The Morgan fingerprint density at radius 3 is 0.643 bits per heavy atom. The van der Waals surface area contributed by atoms with Gasteiger partial charge in [-0.1, -0.05) is 74.2 Å². The molecular weight excluding hydrogens is 1600 g/mol. The highest BCUT2D eigenvalue weighted by molar-refractivity contribution is 5.26. The van der Waals surface area contributed by atoms with E-state index < -0.39 is 28.0 Å². The first-order chi connectivity index (χ1) is 61.8. The van der Waals surface area contributed by atoms with Gasteiger partial charge in [0.15, 0.2) is 0 Å². The van der Waals surface area contributed by atoms with Crippen LogP contribution in [0, 0.1) is 175 Å². The zero-order valence-corrected chi connectivity index (χ0v) is 82.2. The molecule has 0 spiro atoms. The third kappa shape index (κ3) is 16.5. The number of nitrogens with zero attached hydrogens (tertiary/aromatic N) is 5. The van der Waals surface area contributed by atoms with E-state index in [4.69, 9.17) is 22.6 Å². The predicted octanol–water partition coefficient (Wildman–Crippen LogP) is 26.9. The van der Waals surface area contributed by atoms with Crippen molar-refractivity contribution >= 4 is 0 Å². The number of aromatic nitrogens is 5. The topological polar surface area (TPSA) is 231 Å². The summed E-state index contributed by atoms with van der Waals surface area (Å²) in [6, 6.07) is 10.8. The first-order valence-electron chi connectivity index (χ1n) is 55.0. The number of aliphatic hydroxyl groups is 5. The van der Waals surface area contributed by atoms with Crippen molar-refractivity contribution in [3.63, 3.8) is 0 Å². The smallest absolute Gasteiger partial charge is 0.136 e. The third-order valence-electron chi connectivity index (χ3n) is 46.2. The van der Waals surface area contributed by atoms with Crippen LogP contribution in [0.25, 0.3) is 0 Å². The summed E-state index contributed by atoms with van der Waals surface area (Å²) < 4.78 is 26.7. The molecular formula is C114H173N5O10. The van der Waals surface area contributed by atoms with Crippen LogP contribution < -0.4 is 0 Å². The van der Waals surface area contributed by atoms with Gasteiger partial charge in [-0.25, -0.2) is 0 Å². The molecule has 0 radical (unpaired) electrons. The van der Waals surface area contributed by atoms with E-state index in [1.165, 1.54) is 253 Å². The highest BCUT2D eigenvalue weighted by Gasteiger charge is 2.65. The van der Waals surface area contributed by atoms with Crippen LogP contribution in [0.4, 0.5) is 0 Å². The molecule has 0 saturated heterocycles. The lowest BCUT2D eigenvalue weighted by atomic mass is 9.49. The molecule has 714 valence electrons. The molecule has 5 heterocycles. The van der Waals surface area contributed by atoms with E-state index in [1.54, 1.807) is 18.8 Å². The van der Waals surface area contributed by atoms with Crippen molar-refractivity contribution in [1.29, 1.82) is 0 Å². The molecule has 20 aliphatic carbocycles. The lowest BCUT2D eigenvalue weighted by Crippen LogP contribution is -2.50. The summed E-state index contributed by atoms with van der Waals surface area (Å²) in [4.78, 5) is 0. The largest absolute Gasteiger partial charge is 0.390 e. The summed E-state index contributed by atoms with van der Waals surface area (Å²) in [5.41, 5.74) is 6.15. The van der Waals surface area contributed by atoms with E-state index in [9.17, 15) is 25.5 Å². The molecule has 5 aromatic rings. The van der Waals surface area contributed by atoms with E-state index in [0.717, 1.165) is 237 Å². The van der Waals surface area contributed by atoms with Gasteiger partial charge in [0.25, 0.3) is 0 Å². The minimum atomic E-state index is -0.403. The molecule has 0 unspecified atom stereocenters. The van der Waals surface area contributed by atoms with Crippen molar-refractivity contribution in [1.82, 2.24) is 25.8 Å². The molecule has 0 amide bonds. The lowest BCUT2D eigenvalue weighted by molar-refractivity contribution is -0.0961. The number of fused-ring (bicyclic) bond motifs is 25. The monoisotopic (exact) mass is 1770 g/mol. The summed E-state index contributed by atoms with van der Waals surface area (Å²) in [5.74, 6) is 26.9. The Bertz CT molecular complexity index is 4200. The SMILES string of the molecule is CCc1cc([C@H]2CC[C@H]3[C@@H]4CC[C@@H]5C[C@](C)(O)CC[C@@H]5[C@H]4CC[C@]23C)no1.CCc1cc([C@H]2CC[C@H]3[C@@H]4CC[C@H]5C[C@](C)(O)CC[C@@H]5[C@H]4CC[C@]23C)no1.C[C@@]1(O)CC[C@H]2[C@@H](CC[C@@H]3[C@@H]2CC[C@]2(C)[C@@H](c4ccon4)CC[C@@H]32)C1.C[C@@]1(O)CC[C@H]2[C@H](CC[C@@H]3[C@@H]2CC[C@]2(C)[C@@H](c4ccon4)CC[C@@H]32)C1.C[C@@]1(O)CC[C@H]2[C@H](CC[C@@H]3[C@@H]2CC[C@]2(C)[C@@H](c4ccon4)CC[C@@H]32)C1. The molecule has 0 aliphatic heterocycles. The Kier molecular flexibility index (Phi) is 24.6. The highest BCUT2D eigenvalue weighted by Crippen LogP contribution is 2.74. The molecule has 40 atom stereocenters. The van der Waals surface area contributed by atoms with Crippen LogP contribution in [-0.4, -0.2) is 79.3 Å². The number of hydrogen-bond donors (Lipinski definition) is 5. The maximum absolute atomic E-state index is 10.6. The Labute approximate surface area is 775 Å². The van der Waals surface area contributed by atoms with Crippen molar-refractivity contribution in [3.05, 3.63) is 89.1 Å². The van der Waals surface area contributed by atoms with Gasteiger partial charge in [0, 0.05) is 72.8 Å². The Balaban J connectivity index is 0.0000000978. The van der Waals surface area contributed by atoms with Crippen LogP contribution in [-0.2, 0) is 12.8 Å². The van der Waals surface area contributed by atoms with Crippen LogP contribution in [0.3, 0.4) is 0 Å². The fourth-order valence-electron chi connectivity index (χ4n) is 40.4. The molecule has 0 aromatic carbocycles. The molecule has 20 saturated carbocycles. The first kappa shape index (κ1) is 91.3. The lowest BCUT2D eigenvalue weighted by Gasteiger charge is -2.56. The minimum Gasteiger partial charge on any atom is -0.390 e. The van der Waals surface area contributed by atoms with Crippen molar-refractivity contribution in [2.45, 2.75) is 442 Å². The van der Waals surface area contributed by atoms with Gasteiger partial charge in [-0.15, -0.1) is 0 Å². The van der Waals surface area contributed by atoms with Gasteiger partial charge in [0.2, 0.25) is 0 Å². The first-order valence-corrected chi connectivity index (χ1v) is 55.0. The normalized spacial score (nSPS) is 51.0. The molecule has 20 aliphatic rings. The number of rotatable bonds is 7. The van der Waals surface area contributed by atoms with Gasteiger partial charge in [-0.3, -0.25) is 0 Å². The van der Waals surface area contributed by atoms with E-state index in [0.29, 0.717) is 56.7 Å². The fraction of sp³-hybridized carbons (Fsp3) is 0.868. The van der Waals surface area contributed by atoms with Gasteiger partial charge in [-0.05, 0) is 499 Å². The average Bonchev–Trinajstić information content (AvgIpc) is 1.63. The van der Waals surface area contributed by atoms with E-state index >= 15 is 0 Å². The van der Waals surface area contributed by atoms with Crippen LogP contribution in [0.5, 0.6) is 0 Å². The van der Waals surface area contributed by atoms with Crippen molar-refractivity contribution in [2.75, 3.05) is 0 Å². The molecule has 15 heteroatoms. The van der Waals surface area contributed by atoms with Crippen LogP contribution in [0.15, 0.2) is 71.7 Å². The van der Waals surface area contributed by atoms with Gasteiger partial charge in [-0.2, -0.15) is 0 Å². The number of aryl methyl sites for hydroxylation is 2. The maximum Gasteiger partial charge on any atom is 0.136 e. The third-order valence-corrected chi connectivity index (χ3v) is 46.2. The summed E-state index contributed by atoms with van der Waals surface area (Å²) in [6.45, 7) is 27.4. The zero-order valence-electron chi connectivity index (χ0n) is 82.2. The Morgan fingerprint density at radius 2 is 0.450 bits per heavy atom. The van der Waals surface area contributed by atoms with Crippen LogP contribution in [0.2, 0.25) is 0 Å². The van der Waals surface area contributed by atoms with E-state index in [2.05, 4.69) is 139 Å². The molecule has 5 aromatic heterocycles. The Morgan fingerprint density at radius 1 is 0.240 bits per heavy atom. The maximum atomic E-state index is 10.6. The van der Waals surface area contributed by atoms with Gasteiger partial charge < -0.3 is 48.1 Å². The molecule has 129 heavy (non-hydrogen) atoms. The molecule has 15 nitrogen and oxygen atoms in total. The molecule has 20 fully saturated rings.